The Bertz CT molecular complexity index is 565. The third-order valence-corrected chi connectivity index (χ3v) is 2.70. The van der Waals surface area contributed by atoms with E-state index in [0.717, 1.165) is 17.7 Å². The average molecular weight is 280 g/mol. The molecule has 2 amide bonds. The lowest BCUT2D eigenvalue weighted by atomic mass is 10.1. The predicted octanol–water partition coefficient (Wildman–Crippen LogP) is 3.31. The van der Waals surface area contributed by atoms with E-state index in [9.17, 15) is 13.6 Å². The van der Waals surface area contributed by atoms with Crippen LogP contribution in [0.15, 0.2) is 41.2 Å². The highest BCUT2D eigenvalue weighted by Crippen LogP contribution is 2.17. The van der Waals surface area contributed by atoms with Gasteiger partial charge in [0.2, 0.25) is 0 Å². The standard InChI is InChI=1S/C14H14F2N2O2/c1-9(7-10-5-6-20-8-10)17-14(19)18-13-11(15)3-2-4-12(13)16/h2-6,8-9H,7H2,1H3,(H2,17,18,19)/t9-/m1/s1. The largest absolute Gasteiger partial charge is 0.472 e. The maximum absolute atomic E-state index is 13.4. The molecule has 0 aliphatic rings. The molecule has 2 N–H and O–H groups in total. The normalized spacial score (nSPS) is 11.9. The van der Waals surface area contributed by atoms with Crippen LogP contribution in [0, 0.1) is 11.6 Å². The van der Waals surface area contributed by atoms with Gasteiger partial charge < -0.3 is 15.1 Å². The van der Waals surface area contributed by atoms with Gasteiger partial charge in [-0.3, -0.25) is 0 Å². The first-order chi connectivity index (χ1) is 9.56. The molecule has 0 fully saturated rings. The van der Waals surface area contributed by atoms with E-state index in [1.165, 1.54) is 12.3 Å². The second kappa shape index (κ2) is 6.18. The number of benzene rings is 1. The van der Waals surface area contributed by atoms with Crippen LogP contribution in [-0.4, -0.2) is 12.1 Å². The number of halogens is 2. The molecule has 0 aliphatic heterocycles. The summed E-state index contributed by atoms with van der Waals surface area (Å²) in [4.78, 5) is 11.7. The number of amides is 2. The maximum atomic E-state index is 13.4. The number of para-hydroxylation sites is 1. The number of furan rings is 1. The van der Waals surface area contributed by atoms with Crippen LogP contribution in [0.2, 0.25) is 0 Å². The molecule has 1 heterocycles. The third-order valence-electron chi connectivity index (χ3n) is 2.70. The molecule has 1 aromatic heterocycles. The molecule has 106 valence electrons. The minimum absolute atomic E-state index is 0.206. The molecule has 20 heavy (non-hydrogen) atoms. The molecule has 2 rings (SSSR count). The molecule has 1 atom stereocenters. The molecule has 2 aromatic rings. The van der Waals surface area contributed by atoms with Crippen molar-refractivity contribution in [1.82, 2.24) is 5.32 Å². The van der Waals surface area contributed by atoms with Gasteiger partial charge in [0.05, 0.1) is 12.5 Å². The fourth-order valence-electron chi connectivity index (χ4n) is 1.80. The fourth-order valence-corrected chi connectivity index (χ4v) is 1.80. The van der Waals surface area contributed by atoms with Gasteiger partial charge >= 0.3 is 6.03 Å². The number of urea groups is 1. The summed E-state index contributed by atoms with van der Waals surface area (Å²) in [6, 6.07) is 4.30. The second-order valence-electron chi connectivity index (χ2n) is 4.43. The zero-order valence-corrected chi connectivity index (χ0v) is 10.8. The van der Waals surface area contributed by atoms with Crippen LogP contribution in [-0.2, 0) is 6.42 Å². The summed E-state index contributed by atoms with van der Waals surface area (Å²) in [6.07, 6.45) is 3.67. The van der Waals surface area contributed by atoms with Crippen molar-refractivity contribution >= 4 is 11.7 Å². The van der Waals surface area contributed by atoms with Crippen molar-refractivity contribution in [3.63, 3.8) is 0 Å². The number of rotatable bonds is 4. The Morgan fingerprint density at radius 3 is 2.60 bits per heavy atom. The lowest BCUT2D eigenvalue weighted by molar-refractivity contribution is 0.249. The van der Waals surface area contributed by atoms with Gasteiger partial charge in [-0.2, -0.15) is 0 Å². The highest BCUT2D eigenvalue weighted by atomic mass is 19.1. The Balaban J connectivity index is 1.92. The highest BCUT2D eigenvalue weighted by Gasteiger charge is 2.13. The van der Waals surface area contributed by atoms with Gasteiger partial charge in [-0.15, -0.1) is 0 Å². The zero-order chi connectivity index (χ0) is 14.5. The third kappa shape index (κ3) is 3.57. The van der Waals surface area contributed by atoms with Crippen molar-refractivity contribution in [3.8, 4) is 0 Å². The first kappa shape index (κ1) is 14.0. The van der Waals surface area contributed by atoms with Gasteiger partial charge in [0.15, 0.2) is 0 Å². The van der Waals surface area contributed by atoms with E-state index >= 15 is 0 Å². The number of carbonyl (C=O) groups is 1. The molecule has 1 aromatic carbocycles. The molecule has 0 saturated heterocycles. The minimum atomic E-state index is -0.817. The Labute approximate surface area is 114 Å². The number of carbonyl (C=O) groups excluding carboxylic acids is 1. The maximum Gasteiger partial charge on any atom is 0.319 e. The van der Waals surface area contributed by atoms with Crippen molar-refractivity contribution in [1.29, 1.82) is 0 Å². The Morgan fingerprint density at radius 2 is 2.00 bits per heavy atom. The summed E-state index contributed by atoms with van der Waals surface area (Å²) in [5, 5.41) is 4.76. The first-order valence-corrected chi connectivity index (χ1v) is 6.09. The van der Waals surface area contributed by atoms with Crippen LogP contribution in [0.4, 0.5) is 19.3 Å². The van der Waals surface area contributed by atoms with Gasteiger partial charge in [0.1, 0.15) is 17.3 Å². The first-order valence-electron chi connectivity index (χ1n) is 6.09. The SMILES string of the molecule is C[C@H](Cc1ccoc1)NC(=O)Nc1c(F)cccc1F. The van der Waals surface area contributed by atoms with Crippen molar-refractivity contribution in [2.24, 2.45) is 0 Å². The van der Waals surface area contributed by atoms with Crippen molar-refractivity contribution in [2.75, 3.05) is 5.32 Å². The molecule has 0 saturated carbocycles. The van der Waals surface area contributed by atoms with Crippen LogP contribution >= 0.6 is 0 Å². The molecule has 4 nitrogen and oxygen atoms in total. The molecular formula is C14H14F2N2O2. The quantitative estimate of drug-likeness (QED) is 0.902. The lowest BCUT2D eigenvalue weighted by Gasteiger charge is -2.14. The Morgan fingerprint density at radius 1 is 1.30 bits per heavy atom. The monoisotopic (exact) mass is 280 g/mol. The second-order valence-corrected chi connectivity index (χ2v) is 4.43. The zero-order valence-electron chi connectivity index (χ0n) is 10.8. The number of hydrogen-bond donors (Lipinski definition) is 2. The molecule has 0 radical (unpaired) electrons. The Kier molecular flexibility index (Phi) is 4.34. The topological polar surface area (TPSA) is 54.3 Å². The van der Waals surface area contributed by atoms with Gasteiger partial charge in [-0.25, -0.2) is 13.6 Å². The van der Waals surface area contributed by atoms with Gasteiger partial charge in [-0.1, -0.05) is 6.07 Å². The summed E-state index contributed by atoms with van der Waals surface area (Å²) >= 11 is 0. The Hall–Kier alpha value is -2.37. The molecule has 0 unspecified atom stereocenters. The van der Waals surface area contributed by atoms with E-state index in [-0.39, 0.29) is 6.04 Å². The predicted molar refractivity (Wildman–Crippen MR) is 70.4 cm³/mol. The van der Waals surface area contributed by atoms with Crippen molar-refractivity contribution < 1.29 is 18.0 Å². The van der Waals surface area contributed by atoms with E-state index in [4.69, 9.17) is 4.42 Å². The number of hydrogen-bond acceptors (Lipinski definition) is 2. The summed E-state index contributed by atoms with van der Waals surface area (Å²) < 4.78 is 31.6. The van der Waals surface area contributed by atoms with Gasteiger partial charge in [0.25, 0.3) is 0 Å². The van der Waals surface area contributed by atoms with Gasteiger partial charge in [0, 0.05) is 6.04 Å². The fraction of sp³-hybridized carbons (Fsp3) is 0.214. The van der Waals surface area contributed by atoms with Crippen LogP contribution < -0.4 is 10.6 Å². The summed E-state index contributed by atoms with van der Waals surface area (Å²) in [6.45, 7) is 1.78. The highest BCUT2D eigenvalue weighted by molar-refractivity contribution is 5.89. The molecule has 0 bridgehead atoms. The van der Waals surface area contributed by atoms with Crippen molar-refractivity contribution in [2.45, 2.75) is 19.4 Å². The van der Waals surface area contributed by atoms with Crippen LogP contribution in [0.3, 0.4) is 0 Å². The van der Waals surface area contributed by atoms with E-state index in [0.29, 0.717) is 6.42 Å². The molecule has 6 heteroatoms. The molecule has 0 aliphatic carbocycles. The molecular weight excluding hydrogens is 266 g/mol. The lowest BCUT2D eigenvalue weighted by Crippen LogP contribution is -2.37. The van der Waals surface area contributed by atoms with E-state index in [1.54, 1.807) is 19.3 Å². The number of anilines is 1. The van der Waals surface area contributed by atoms with E-state index in [1.807, 2.05) is 0 Å². The smallest absolute Gasteiger partial charge is 0.319 e. The van der Waals surface area contributed by atoms with Crippen molar-refractivity contribution in [3.05, 3.63) is 54.0 Å². The average Bonchev–Trinajstić information content (AvgIpc) is 2.86. The van der Waals surface area contributed by atoms with Crippen LogP contribution in [0.1, 0.15) is 12.5 Å². The molecule has 0 spiro atoms. The minimum Gasteiger partial charge on any atom is -0.472 e. The van der Waals surface area contributed by atoms with Crippen LogP contribution in [0.25, 0.3) is 0 Å². The summed E-state index contributed by atoms with van der Waals surface area (Å²) in [7, 11) is 0. The van der Waals surface area contributed by atoms with Crippen LogP contribution in [0.5, 0.6) is 0 Å². The van der Waals surface area contributed by atoms with Gasteiger partial charge in [-0.05, 0) is 37.1 Å². The van der Waals surface area contributed by atoms with E-state index in [2.05, 4.69) is 10.6 Å². The number of nitrogens with one attached hydrogen (secondary N) is 2. The summed E-state index contributed by atoms with van der Waals surface area (Å²) in [5.41, 5.74) is 0.468. The van der Waals surface area contributed by atoms with E-state index < -0.39 is 23.4 Å². The summed E-state index contributed by atoms with van der Waals surface area (Å²) in [5.74, 6) is -1.63.